The van der Waals surface area contributed by atoms with Gasteiger partial charge in [-0.25, -0.2) is 8.78 Å². The molecule has 1 aromatic rings. The van der Waals surface area contributed by atoms with E-state index >= 15 is 0 Å². The molecule has 0 spiro atoms. The van der Waals surface area contributed by atoms with Crippen LogP contribution in [0.4, 0.5) is 8.78 Å². The summed E-state index contributed by atoms with van der Waals surface area (Å²) in [6, 6.07) is 4.83. The molecule has 2 rings (SSSR count). The van der Waals surface area contributed by atoms with Gasteiger partial charge >= 0.3 is 0 Å². The smallest absolute Gasteiger partial charge is 0.260 e. The van der Waals surface area contributed by atoms with Crippen molar-refractivity contribution in [2.75, 3.05) is 13.7 Å². The highest BCUT2D eigenvalue weighted by Crippen LogP contribution is 2.63. The Balaban J connectivity index is 2.53. The summed E-state index contributed by atoms with van der Waals surface area (Å²) in [5, 5.41) is 0.329. The van der Waals surface area contributed by atoms with Crippen molar-refractivity contribution < 1.29 is 13.5 Å². The lowest BCUT2D eigenvalue weighted by Gasteiger charge is -2.18. The van der Waals surface area contributed by atoms with Gasteiger partial charge in [0.15, 0.2) is 0 Å². The van der Waals surface area contributed by atoms with Crippen molar-refractivity contribution in [3.63, 3.8) is 0 Å². The molecule has 1 atom stereocenters. The van der Waals surface area contributed by atoms with E-state index < -0.39 is 11.3 Å². The van der Waals surface area contributed by atoms with Crippen LogP contribution in [0.5, 0.6) is 5.75 Å². The lowest BCUT2D eigenvalue weighted by molar-refractivity contribution is 0.0889. The number of rotatable bonds is 3. The van der Waals surface area contributed by atoms with Gasteiger partial charge in [-0.3, -0.25) is 0 Å². The first-order valence-electron chi connectivity index (χ1n) is 4.89. The fraction of sp³-hybridized carbons (Fsp3) is 0.455. The molecule has 0 aromatic heterocycles. The van der Waals surface area contributed by atoms with E-state index in [9.17, 15) is 8.78 Å². The molecular weight excluding hydrogens is 236 g/mol. The number of nitrogens with two attached hydrogens (primary N) is 1. The second-order valence-electron chi connectivity index (χ2n) is 3.99. The summed E-state index contributed by atoms with van der Waals surface area (Å²) in [6.45, 7) is -0.114. The predicted molar refractivity (Wildman–Crippen MR) is 58.3 cm³/mol. The summed E-state index contributed by atoms with van der Waals surface area (Å²) in [5.41, 5.74) is 4.57. The molecule has 1 fully saturated rings. The van der Waals surface area contributed by atoms with Crippen molar-refractivity contribution in [2.24, 2.45) is 5.73 Å². The molecule has 16 heavy (non-hydrogen) atoms. The molecular formula is C11H12ClF2NO. The van der Waals surface area contributed by atoms with Crippen molar-refractivity contribution in [3.8, 4) is 5.75 Å². The zero-order valence-corrected chi connectivity index (χ0v) is 9.52. The lowest BCUT2D eigenvalue weighted by Crippen LogP contribution is -2.27. The number of halogens is 3. The number of hydrogen-bond acceptors (Lipinski definition) is 2. The molecule has 0 aliphatic heterocycles. The molecule has 88 valence electrons. The molecule has 0 radical (unpaired) electrons. The average molecular weight is 248 g/mol. The summed E-state index contributed by atoms with van der Waals surface area (Å²) in [5.74, 6) is -2.47. The molecule has 1 saturated carbocycles. The summed E-state index contributed by atoms with van der Waals surface area (Å²) < 4.78 is 31.9. The SMILES string of the molecule is COc1c(Cl)cccc1C1(CN)CC1(F)F. The highest BCUT2D eigenvalue weighted by Gasteiger charge is 2.72. The summed E-state index contributed by atoms with van der Waals surface area (Å²) in [6.07, 6.45) is -0.243. The summed E-state index contributed by atoms with van der Waals surface area (Å²) in [4.78, 5) is 0. The maximum atomic E-state index is 13.4. The molecule has 0 heterocycles. The van der Waals surface area contributed by atoms with Crippen LogP contribution in [0.2, 0.25) is 5.02 Å². The first-order chi connectivity index (χ1) is 7.48. The number of hydrogen-bond donors (Lipinski definition) is 1. The van der Waals surface area contributed by atoms with Gasteiger partial charge in [0.05, 0.1) is 17.5 Å². The van der Waals surface area contributed by atoms with E-state index in [4.69, 9.17) is 22.1 Å². The van der Waals surface area contributed by atoms with E-state index in [1.165, 1.54) is 7.11 Å². The highest BCUT2D eigenvalue weighted by molar-refractivity contribution is 6.32. The first-order valence-corrected chi connectivity index (χ1v) is 5.27. The molecule has 2 nitrogen and oxygen atoms in total. The van der Waals surface area contributed by atoms with Crippen molar-refractivity contribution in [3.05, 3.63) is 28.8 Å². The predicted octanol–water partition coefficient (Wildman–Crippen LogP) is 2.58. The van der Waals surface area contributed by atoms with Crippen LogP contribution in [0.1, 0.15) is 12.0 Å². The third-order valence-corrected chi connectivity index (χ3v) is 3.43. The molecule has 2 N–H and O–H groups in total. The van der Waals surface area contributed by atoms with Crippen molar-refractivity contribution in [1.29, 1.82) is 0 Å². The van der Waals surface area contributed by atoms with E-state index in [1.807, 2.05) is 0 Å². The van der Waals surface area contributed by atoms with Crippen LogP contribution in [0, 0.1) is 0 Å². The summed E-state index contributed by atoms with van der Waals surface area (Å²) >= 11 is 5.90. The van der Waals surface area contributed by atoms with E-state index in [0.717, 1.165) is 0 Å². The van der Waals surface area contributed by atoms with Gasteiger partial charge in [-0.2, -0.15) is 0 Å². The molecule has 1 aromatic carbocycles. The molecule has 1 aliphatic rings. The van der Waals surface area contributed by atoms with Crippen LogP contribution in [0.25, 0.3) is 0 Å². The minimum Gasteiger partial charge on any atom is -0.495 e. The van der Waals surface area contributed by atoms with Gasteiger partial charge in [0.2, 0.25) is 0 Å². The Labute approximate surface area is 97.3 Å². The highest BCUT2D eigenvalue weighted by atomic mass is 35.5. The third kappa shape index (κ3) is 1.40. The van der Waals surface area contributed by atoms with Crippen LogP contribution in [-0.4, -0.2) is 19.6 Å². The van der Waals surface area contributed by atoms with Gasteiger partial charge < -0.3 is 10.5 Å². The fourth-order valence-electron chi connectivity index (χ4n) is 2.05. The number of benzene rings is 1. The largest absolute Gasteiger partial charge is 0.495 e. The van der Waals surface area contributed by atoms with Crippen LogP contribution >= 0.6 is 11.6 Å². The van der Waals surface area contributed by atoms with E-state index in [-0.39, 0.29) is 13.0 Å². The molecule has 5 heteroatoms. The third-order valence-electron chi connectivity index (χ3n) is 3.13. The van der Waals surface area contributed by atoms with Gasteiger partial charge in [-0.15, -0.1) is 0 Å². The molecule has 0 saturated heterocycles. The van der Waals surface area contributed by atoms with Crippen LogP contribution < -0.4 is 10.5 Å². The zero-order chi connectivity index (χ0) is 12.0. The van der Waals surface area contributed by atoms with E-state index in [1.54, 1.807) is 18.2 Å². The minimum absolute atomic E-state index is 0.114. The van der Waals surface area contributed by atoms with Gasteiger partial charge in [0.1, 0.15) is 5.75 Å². The monoisotopic (exact) mass is 247 g/mol. The molecule has 1 aliphatic carbocycles. The van der Waals surface area contributed by atoms with Crippen molar-refractivity contribution in [1.82, 2.24) is 0 Å². The van der Waals surface area contributed by atoms with Crippen LogP contribution in [0.3, 0.4) is 0 Å². The fourth-order valence-corrected chi connectivity index (χ4v) is 2.30. The van der Waals surface area contributed by atoms with Crippen LogP contribution in [-0.2, 0) is 5.41 Å². The topological polar surface area (TPSA) is 35.2 Å². The second kappa shape index (κ2) is 3.57. The molecule has 1 unspecified atom stereocenters. The Hall–Kier alpha value is -0.870. The second-order valence-corrected chi connectivity index (χ2v) is 4.40. The Bertz CT molecular complexity index is 424. The number of alkyl halides is 2. The van der Waals surface area contributed by atoms with Gasteiger partial charge in [-0.1, -0.05) is 23.7 Å². The maximum Gasteiger partial charge on any atom is 0.260 e. The quantitative estimate of drug-likeness (QED) is 0.891. The Kier molecular flexibility index (Phi) is 2.59. The van der Waals surface area contributed by atoms with Gasteiger partial charge in [-0.05, 0) is 6.07 Å². The normalized spacial score (nSPS) is 26.6. The Morgan fingerprint density at radius 3 is 2.56 bits per heavy atom. The number of para-hydroxylation sites is 1. The molecule has 0 amide bonds. The van der Waals surface area contributed by atoms with E-state index in [2.05, 4.69) is 0 Å². The van der Waals surface area contributed by atoms with Crippen molar-refractivity contribution in [2.45, 2.75) is 17.8 Å². The minimum atomic E-state index is -2.76. The first kappa shape index (κ1) is 11.6. The van der Waals surface area contributed by atoms with Gasteiger partial charge in [0, 0.05) is 18.5 Å². The Morgan fingerprint density at radius 2 is 2.12 bits per heavy atom. The summed E-state index contributed by atoms with van der Waals surface area (Å²) in [7, 11) is 1.41. The van der Waals surface area contributed by atoms with Crippen molar-refractivity contribution >= 4 is 11.6 Å². The lowest BCUT2D eigenvalue weighted by atomic mass is 9.94. The zero-order valence-electron chi connectivity index (χ0n) is 8.77. The van der Waals surface area contributed by atoms with E-state index in [0.29, 0.717) is 16.3 Å². The standard InChI is InChI=1S/C11H12ClF2NO/c1-16-9-7(3-2-4-8(9)12)10(6-15)5-11(10,13)14/h2-4H,5-6,15H2,1H3. The molecule has 0 bridgehead atoms. The average Bonchev–Trinajstić information content (AvgIpc) is 2.82. The number of ether oxygens (including phenoxy) is 1. The van der Waals surface area contributed by atoms with Crippen LogP contribution in [0.15, 0.2) is 18.2 Å². The number of methoxy groups -OCH3 is 1. The Morgan fingerprint density at radius 1 is 1.50 bits per heavy atom. The maximum absolute atomic E-state index is 13.4. The van der Waals surface area contributed by atoms with Gasteiger partial charge in [0.25, 0.3) is 5.92 Å².